The summed E-state index contributed by atoms with van der Waals surface area (Å²) in [6, 6.07) is -0.631. The maximum absolute atomic E-state index is 11.2. The minimum atomic E-state index is -1.26. The van der Waals surface area contributed by atoms with Crippen molar-refractivity contribution in [1.29, 1.82) is 0 Å². The van der Waals surface area contributed by atoms with Crippen LogP contribution in [0.2, 0.25) is 0 Å². The lowest BCUT2D eigenvalue weighted by Gasteiger charge is -2.21. The van der Waals surface area contributed by atoms with E-state index in [0.29, 0.717) is 0 Å². The van der Waals surface area contributed by atoms with Gasteiger partial charge >= 0.3 is 12.0 Å². The predicted molar refractivity (Wildman–Crippen MR) is 41.9 cm³/mol. The number of carbonyl (C=O) groups excluding carboxylic acids is 2. The SMILES string of the molecule is CCC1(CC(=O)O)NC(=O)NC1=O. The summed E-state index contributed by atoms with van der Waals surface area (Å²) in [6.07, 6.45) is -0.127. The normalized spacial score (nSPS) is 26.8. The number of hydrogen-bond donors (Lipinski definition) is 3. The molecule has 0 saturated carbocycles. The van der Waals surface area contributed by atoms with Crippen molar-refractivity contribution in [1.82, 2.24) is 10.6 Å². The van der Waals surface area contributed by atoms with Gasteiger partial charge in [0.15, 0.2) is 0 Å². The van der Waals surface area contributed by atoms with Gasteiger partial charge in [0.1, 0.15) is 5.54 Å². The maximum atomic E-state index is 11.2. The third kappa shape index (κ3) is 1.61. The van der Waals surface area contributed by atoms with Crippen LogP contribution in [0.3, 0.4) is 0 Å². The van der Waals surface area contributed by atoms with E-state index in [-0.39, 0.29) is 12.8 Å². The van der Waals surface area contributed by atoms with Gasteiger partial charge in [-0.15, -0.1) is 0 Å². The average Bonchev–Trinajstić information content (AvgIpc) is 2.26. The monoisotopic (exact) mass is 186 g/mol. The fourth-order valence-corrected chi connectivity index (χ4v) is 1.28. The molecule has 1 rings (SSSR count). The molecule has 1 unspecified atom stereocenters. The molecule has 1 aliphatic heterocycles. The van der Waals surface area contributed by atoms with Crippen molar-refractivity contribution in [2.24, 2.45) is 0 Å². The molecule has 1 heterocycles. The first-order valence-electron chi connectivity index (χ1n) is 3.85. The number of urea groups is 1. The Labute approximate surface area is 74.3 Å². The molecule has 13 heavy (non-hydrogen) atoms. The number of amides is 3. The summed E-state index contributed by atoms with van der Waals surface area (Å²) in [6.45, 7) is 1.65. The van der Waals surface area contributed by atoms with Gasteiger partial charge in [0.05, 0.1) is 6.42 Å². The van der Waals surface area contributed by atoms with Gasteiger partial charge in [0.2, 0.25) is 0 Å². The molecule has 1 atom stereocenters. The summed E-state index contributed by atoms with van der Waals surface area (Å²) in [7, 11) is 0. The van der Waals surface area contributed by atoms with Crippen LogP contribution in [-0.4, -0.2) is 28.6 Å². The zero-order valence-corrected chi connectivity index (χ0v) is 7.09. The van der Waals surface area contributed by atoms with Crippen LogP contribution in [0.1, 0.15) is 19.8 Å². The van der Waals surface area contributed by atoms with E-state index in [9.17, 15) is 14.4 Å². The molecule has 0 spiro atoms. The van der Waals surface area contributed by atoms with Gasteiger partial charge < -0.3 is 10.4 Å². The van der Waals surface area contributed by atoms with Crippen LogP contribution in [0.25, 0.3) is 0 Å². The Hall–Kier alpha value is -1.59. The second kappa shape index (κ2) is 3.04. The van der Waals surface area contributed by atoms with Gasteiger partial charge in [-0.25, -0.2) is 4.79 Å². The van der Waals surface area contributed by atoms with Crippen molar-refractivity contribution >= 4 is 17.9 Å². The average molecular weight is 186 g/mol. The standard InChI is InChI=1S/C7H10N2O4/c1-2-7(3-4(10)11)5(12)8-6(13)9-7/h2-3H2,1H3,(H,10,11)(H2,8,9,12,13). The number of nitrogens with one attached hydrogen (secondary N) is 2. The molecule has 6 nitrogen and oxygen atoms in total. The Bertz CT molecular complexity index is 276. The highest BCUT2D eigenvalue weighted by atomic mass is 16.4. The number of carboxylic acid groups (broad SMARTS) is 1. The van der Waals surface area contributed by atoms with E-state index in [0.717, 1.165) is 0 Å². The van der Waals surface area contributed by atoms with Crippen LogP contribution < -0.4 is 10.6 Å². The van der Waals surface area contributed by atoms with E-state index in [2.05, 4.69) is 5.32 Å². The van der Waals surface area contributed by atoms with Gasteiger partial charge in [0.25, 0.3) is 5.91 Å². The Morgan fingerprint density at radius 3 is 2.46 bits per heavy atom. The zero-order chi connectivity index (χ0) is 10.1. The smallest absolute Gasteiger partial charge is 0.322 e. The maximum Gasteiger partial charge on any atom is 0.322 e. The molecule has 0 bridgehead atoms. The van der Waals surface area contributed by atoms with Gasteiger partial charge in [-0.2, -0.15) is 0 Å². The number of hydrogen-bond acceptors (Lipinski definition) is 3. The first-order chi connectivity index (χ1) is 6.00. The van der Waals surface area contributed by atoms with Crippen molar-refractivity contribution in [2.75, 3.05) is 0 Å². The second-order valence-electron chi connectivity index (χ2n) is 2.91. The first kappa shape index (κ1) is 9.50. The molecular weight excluding hydrogens is 176 g/mol. The van der Waals surface area contributed by atoms with Gasteiger partial charge in [-0.3, -0.25) is 14.9 Å². The summed E-state index contributed by atoms with van der Waals surface area (Å²) in [5.41, 5.74) is -1.26. The van der Waals surface area contributed by atoms with Crippen molar-refractivity contribution in [2.45, 2.75) is 25.3 Å². The number of rotatable bonds is 3. The molecule has 0 aromatic heterocycles. The number of imide groups is 1. The molecular formula is C7H10N2O4. The molecule has 0 aromatic rings. The number of aliphatic carboxylic acids is 1. The van der Waals surface area contributed by atoms with Gasteiger partial charge in [-0.1, -0.05) is 6.92 Å². The number of carbonyl (C=O) groups is 3. The highest BCUT2D eigenvalue weighted by Crippen LogP contribution is 2.19. The largest absolute Gasteiger partial charge is 0.481 e. The molecule has 0 radical (unpaired) electrons. The summed E-state index contributed by atoms with van der Waals surface area (Å²) in [5, 5.41) is 12.9. The van der Waals surface area contributed by atoms with Crippen LogP contribution in [0, 0.1) is 0 Å². The lowest BCUT2D eigenvalue weighted by atomic mass is 9.92. The van der Waals surface area contributed by atoms with Crippen LogP contribution in [0.4, 0.5) is 4.79 Å². The van der Waals surface area contributed by atoms with E-state index < -0.39 is 23.4 Å². The summed E-state index contributed by atoms with van der Waals surface area (Å²) >= 11 is 0. The summed E-state index contributed by atoms with van der Waals surface area (Å²) < 4.78 is 0. The van der Waals surface area contributed by atoms with Crippen LogP contribution >= 0.6 is 0 Å². The summed E-state index contributed by atoms with van der Waals surface area (Å²) in [4.78, 5) is 32.4. The number of carboxylic acids is 1. The van der Waals surface area contributed by atoms with E-state index >= 15 is 0 Å². The van der Waals surface area contributed by atoms with E-state index in [1.54, 1.807) is 6.92 Å². The Morgan fingerprint density at radius 2 is 2.15 bits per heavy atom. The van der Waals surface area contributed by atoms with Gasteiger partial charge in [-0.05, 0) is 6.42 Å². The van der Waals surface area contributed by atoms with Crippen molar-refractivity contribution < 1.29 is 19.5 Å². The summed E-state index contributed by atoms with van der Waals surface area (Å²) in [5.74, 6) is -1.68. The van der Waals surface area contributed by atoms with Crippen LogP contribution in [-0.2, 0) is 9.59 Å². The first-order valence-corrected chi connectivity index (χ1v) is 3.85. The Morgan fingerprint density at radius 1 is 1.54 bits per heavy atom. The molecule has 0 aliphatic carbocycles. The van der Waals surface area contributed by atoms with E-state index in [1.165, 1.54) is 0 Å². The Balaban J connectivity index is 2.86. The van der Waals surface area contributed by atoms with E-state index in [1.807, 2.05) is 5.32 Å². The molecule has 1 saturated heterocycles. The molecule has 1 aliphatic rings. The van der Waals surface area contributed by atoms with Gasteiger partial charge in [0, 0.05) is 0 Å². The minimum absolute atomic E-state index is 0.261. The molecule has 0 aromatic carbocycles. The molecule has 1 fully saturated rings. The highest BCUT2D eigenvalue weighted by Gasteiger charge is 2.46. The van der Waals surface area contributed by atoms with Crippen LogP contribution in [0.5, 0.6) is 0 Å². The lowest BCUT2D eigenvalue weighted by molar-refractivity contribution is -0.141. The van der Waals surface area contributed by atoms with E-state index in [4.69, 9.17) is 5.11 Å². The molecule has 72 valence electrons. The topological polar surface area (TPSA) is 95.5 Å². The van der Waals surface area contributed by atoms with Crippen molar-refractivity contribution in [3.63, 3.8) is 0 Å². The minimum Gasteiger partial charge on any atom is -0.481 e. The zero-order valence-electron chi connectivity index (χ0n) is 7.09. The fourth-order valence-electron chi connectivity index (χ4n) is 1.28. The third-order valence-electron chi connectivity index (χ3n) is 2.07. The molecule has 3 amide bonds. The molecule has 3 N–H and O–H groups in total. The highest BCUT2D eigenvalue weighted by molar-refractivity contribution is 6.08. The predicted octanol–water partition coefficient (Wildman–Crippen LogP) is -0.551. The Kier molecular flexibility index (Phi) is 2.22. The lowest BCUT2D eigenvalue weighted by Crippen LogP contribution is -2.47. The quantitative estimate of drug-likeness (QED) is 0.515. The van der Waals surface area contributed by atoms with Crippen LogP contribution in [0.15, 0.2) is 0 Å². The second-order valence-corrected chi connectivity index (χ2v) is 2.91. The third-order valence-corrected chi connectivity index (χ3v) is 2.07. The van der Waals surface area contributed by atoms with Crippen molar-refractivity contribution in [3.8, 4) is 0 Å². The molecule has 6 heteroatoms. The fraction of sp³-hybridized carbons (Fsp3) is 0.571. The van der Waals surface area contributed by atoms with Crippen molar-refractivity contribution in [3.05, 3.63) is 0 Å².